The minimum absolute atomic E-state index is 0.0910. The summed E-state index contributed by atoms with van der Waals surface area (Å²) in [6.45, 7) is 4.35. The highest BCUT2D eigenvalue weighted by atomic mass is 19.4. The van der Waals surface area contributed by atoms with Gasteiger partial charge in [-0.2, -0.15) is 13.2 Å². The molecule has 0 bridgehead atoms. The number of amides is 2. The first-order valence-corrected chi connectivity index (χ1v) is 10.7. The third kappa shape index (κ3) is 7.44. The second-order valence-electron chi connectivity index (χ2n) is 8.13. The molecule has 1 heterocycles. The van der Waals surface area contributed by atoms with Gasteiger partial charge in [0.25, 0.3) is 0 Å². The Labute approximate surface area is 186 Å². The third-order valence-corrected chi connectivity index (χ3v) is 5.51. The summed E-state index contributed by atoms with van der Waals surface area (Å²) in [4.78, 5) is 14.2. The Morgan fingerprint density at radius 3 is 2.31 bits per heavy atom. The van der Waals surface area contributed by atoms with Crippen LogP contribution >= 0.6 is 0 Å². The van der Waals surface area contributed by atoms with E-state index < -0.39 is 12.8 Å². The molecule has 0 radical (unpaired) electrons. The van der Waals surface area contributed by atoms with Gasteiger partial charge in [0.1, 0.15) is 18.5 Å². The molecule has 1 N–H and O–H groups in total. The lowest BCUT2D eigenvalue weighted by atomic mass is 10.1. The Morgan fingerprint density at radius 2 is 1.69 bits per heavy atom. The number of nitrogens with zero attached hydrogens (tertiary/aromatic N) is 1. The number of benzene rings is 2. The number of hydrogen-bond acceptors (Lipinski definition) is 3. The molecule has 0 unspecified atom stereocenters. The molecule has 1 saturated heterocycles. The number of halogens is 3. The largest absolute Gasteiger partial charge is 0.490 e. The van der Waals surface area contributed by atoms with Crippen LogP contribution in [0.25, 0.3) is 0 Å². The Bertz CT molecular complexity index is 892. The first-order valence-electron chi connectivity index (χ1n) is 10.7. The van der Waals surface area contributed by atoms with Crippen molar-refractivity contribution in [1.29, 1.82) is 0 Å². The zero-order valence-corrected chi connectivity index (χ0v) is 18.4. The van der Waals surface area contributed by atoms with Crippen LogP contribution < -0.4 is 10.1 Å². The Balaban J connectivity index is 1.38. The number of likely N-dealkylation sites (tertiary alicyclic amines) is 1. The van der Waals surface area contributed by atoms with Gasteiger partial charge in [-0.3, -0.25) is 0 Å². The van der Waals surface area contributed by atoms with Crippen molar-refractivity contribution < 1.29 is 27.4 Å². The van der Waals surface area contributed by atoms with Crippen LogP contribution in [0.2, 0.25) is 0 Å². The normalized spacial score (nSPS) is 15.0. The number of urea groups is 1. The Hall–Kier alpha value is -2.74. The van der Waals surface area contributed by atoms with Crippen LogP contribution in [-0.4, -0.2) is 42.9 Å². The van der Waals surface area contributed by atoms with Crippen LogP contribution in [0.1, 0.15) is 35.1 Å². The first-order chi connectivity index (χ1) is 15.2. The molecule has 0 spiro atoms. The molecule has 1 aliphatic rings. The van der Waals surface area contributed by atoms with Crippen LogP contribution in [0.3, 0.4) is 0 Å². The van der Waals surface area contributed by atoms with Gasteiger partial charge in [-0.15, -0.1) is 0 Å². The van der Waals surface area contributed by atoms with E-state index in [9.17, 15) is 18.0 Å². The zero-order valence-electron chi connectivity index (χ0n) is 18.4. The lowest BCUT2D eigenvalue weighted by Gasteiger charge is -2.32. The average molecular weight is 451 g/mol. The summed E-state index contributed by atoms with van der Waals surface area (Å²) >= 11 is 0. The van der Waals surface area contributed by atoms with Crippen LogP contribution in [0.5, 0.6) is 5.75 Å². The van der Waals surface area contributed by atoms with Crippen LogP contribution in [-0.2, 0) is 17.9 Å². The van der Waals surface area contributed by atoms with Crippen molar-refractivity contribution in [3.05, 3.63) is 64.7 Å². The van der Waals surface area contributed by atoms with Crippen LogP contribution in [0.15, 0.2) is 42.5 Å². The Kier molecular flexibility index (Phi) is 8.01. The van der Waals surface area contributed by atoms with Crippen molar-refractivity contribution in [2.24, 2.45) is 0 Å². The smallest absolute Gasteiger partial charge is 0.411 e. The van der Waals surface area contributed by atoms with Crippen LogP contribution in [0.4, 0.5) is 18.0 Å². The summed E-state index contributed by atoms with van der Waals surface area (Å²) in [7, 11) is 0. The van der Waals surface area contributed by atoms with E-state index in [-0.39, 0.29) is 18.7 Å². The van der Waals surface area contributed by atoms with Crippen molar-refractivity contribution in [3.8, 4) is 5.75 Å². The number of rotatable bonds is 7. The third-order valence-electron chi connectivity index (χ3n) is 5.51. The fourth-order valence-electron chi connectivity index (χ4n) is 3.48. The van der Waals surface area contributed by atoms with E-state index in [1.54, 1.807) is 29.2 Å². The fourth-order valence-corrected chi connectivity index (χ4v) is 3.48. The molecular formula is C24H29F3N2O3. The monoisotopic (exact) mass is 450 g/mol. The lowest BCUT2D eigenvalue weighted by Crippen LogP contribution is -2.46. The standard InChI is InChI=1S/C24H29F3N2O3/c1-17-3-8-22(13-18(17)2)32-21-9-11-29(12-10-21)23(30)28-14-19-4-6-20(7-5-19)15-31-16-24(25,26)27/h3-8,13,21H,9-12,14-16H2,1-2H3,(H,28,30). The number of carbonyl (C=O) groups excluding carboxylic acids is 1. The highest BCUT2D eigenvalue weighted by molar-refractivity contribution is 5.74. The molecular weight excluding hydrogens is 421 g/mol. The second kappa shape index (κ2) is 10.7. The molecule has 0 aromatic heterocycles. The highest BCUT2D eigenvalue weighted by Crippen LogP contribution is 2.22. The fraction of sp³-hybridized carbons (Fsp3) is 0.458. The number of nitrogens with one attached hydrogen (secondary N) is 1. The van der Waals surface area contributed by atoms with Gasteiger partial charge in [-0.05, 0) is 48.2 Å². The Morgan fingerprint density at radius 1 is 1.03 bits per heavy atom. The van der Waals surface area contributed by atoms with Gasteiger partial charge in [0.2, 0.25) is 0 Å². The molecule has 2 aromatic carbocycles. The quantitative estimate of drug-likeness (QED) is 0.636. The molecule has 0 aliphatic carbocycles. The number of carbonyl (C=O) groups is 1. The number of ether oxygens (including phenoxy) is 2. The maximum absolute atomic E-state index is 12.5. The number of piperidine rings is 1. The van der Waals surface area contributed by atoms with Crippen molar-refractivity contribution in [3.63, 3.8) is 0 Å². The van der Waals surface area contributed by atoms with Crippen molar-refractivity contribution in [2.75, 3.05) is 19.7 Å². The van der Waals surface area contributed by atoms with Gasteiger partial charge in [0, 0.05) is 32.5 Å². The molecule has 1 aliphatic heterocycles. The molecule has 0 atom stereocenters. The van der Waals surface area contributed by atoms with E-state index in [1.165, 1.54) is 11.1 Å². The topological polar surface area (TPSA) is 50.8 Å². The predicted molar refractivity (Wildman–Crippen MR) is 116 cm³/mol. The second-order valence-corrected chi connectivity index (χ2v) is 8.13. The molecule has 32 heavy (non-hydrogen) atoms. The summed E-state index contributed by atoms with van der Waals surface area (Å²) in [5, 5.41) is 2.90. The molecule has 3 rings (SSSR count). The number of alkyl halides is 3. The molecule has 2 aromatic rings. The summed E-state index contributed by atoms with van der Waals surface area (Å²) in [5.41, 5.74) is 3.94. The lowest BCUT2D eigenvalue weighted by molar-refractivity contribution is -0.176. The van der Waals surface area contributed by atoms with Crippen LogP contribution in [0, 0.1) is 13.8 Å². The average Bonchev–Trinajstić information content (AvgIpc) is 2.75. The van der Waals surface area contributed by atoms with Crippen molar-refractivity contribution in [2.45, 2.75) is 52.1 Å². The minimum atomic E-state index is -4.33. The van der Waals surface area contributed by atoms with Gasteiger partial charge >= 0.3 is 12.2 Å². The van der Waals surface area contributed by atoms with E-state index >= 15 is 0 Å². The minimum Gasteiger partial charge on any atom is -0.490 e. The molecule has 2 amide bonds. The molecule has 174 valence electrons. The molecule has 1 fully saturated rings. The highest BCUT2D eigenvalue weighted by Gasteiger charge is 2.27. The summed E-state index contributed by atoms with van der Waals surface area (Å²) in [5.74, 6) is 0.864. The van der Waals surface area contributed by atoms with E-state index in [2.05, 4.69) is 30.0 Å². The number of aryl methyl sites for hydroxylation is 2. The van der Waals surface area contributed by atoms with Gasteiger partial charge in [-0.1, -0.05) is 30.3 Å². The molecule has 5 nitrogen and oxygen atoms in total. The van der Waals surface area contributed by atoms with E-state index in [1.807, 2.05) is 12.1 Å². The van der Waals surface area contributed by atoms with E-state index in [0.29, 0.717) is 25.2 Å². The number of hydrogen-bond donors (Lipinski definition) is 1. The zero-order chi connectivity index (χ0) is 23.1. The maximum Gasteiger partial charge on any atom is 0.411 e. The predicted octanol–water partition coefficient (Wildman–Crippen LogP) is 5.14. The van der Waals surface area contributed by atoms with Crippen molar-refractivity contribution in [1.82, 2.24) is 10.2 Å². The SMILES string of the molecule is Cc1ccc(OC2CCN(C(=O)NCc3ccc(COCC(F)(F)F)cc3)CC2)cc1C. The molecule has 0 saturated carbocycles. The maximum atomic E-state index is 12.5. The van der Waals surface area contributed by atoms with E-state index in [0.717, 1.165) is 24.2 Å². The summed E-state index contributed by atoms with van der Waals surface area (Å²) in [6, 6.07) is 12.9. The molecule has 8 heteroatoms. The van der Waals surface area contributed by atoms with Gasteiger partial charge in [-0.25, -0.2) is 4.79 Å². The van der Waals surface area contributed by atoms with Crippen molar-refractivity contribution >= 4 is 6.03 Å². The van der Waals surface area contributed by atoms with Gasteiger partial charge in [0.05, 0.1) is 6.61 Å². The summed E-state index contributed by atoms with van der Waals surface area (Å²) in [6.07, 6.45) is -2.70. The van der Waals surface area contributed by atoms with Gasteiger partial charge < -0.3 is 19.7 Å². The van der Waals surface area contributed by atoms with Gasteiger partial charge in [0.15, 0.2) is 0 Å². The first kappa shape index (κ1) is 23.9. The summed E-state index contributed by atoms with van der Waals surface area (Å²) < 4.78 is 47.1. The van der Waals surface area contributed by atoms with E-state index in [4.69, 9.17) is 4.74 Å².